The number of nitrogens with zero attached hydrogens (tertiary/aromatic N) is 4. The molecule has 3 rings (SSSR count). The minimum absolute atomic E-state index is 0.195. The minimum atomic E-state index is -5.08. The minimum Gasteiger partial charge on any atom is -0.475 e. The van der Waals surface area contributed by atoms with Crippen LogP contribution in [0, 0.1) is 0 Å². The van der Waals surface area contributed by atoms with E-state index in [1.54, 1.807) is 6.33 Å². The van der Waals surface area contributed by atoms with Crippen molar-refractivity contribution >= 4 is 23.5 Å². The first-order valence-corrected chi connectivity index (χ1v) is 8.87. The quantitative estimate of drug-likeness (QED) is 0.590. The van der Waals surface area contributed by atoms with Gasteiger partial charge in [-0.05, 0) is 25.0 Å². The number of carbonyl (C=O) groups excluding carboxylic acids is 1. The molecule has 29 heavy (non-hydrogen) atoms. The van der Waals surface area contributed by atoms with Crippen LogP contribution in [0.15, 0.2) is 36.7 Å². The molecule has 2 heterocycles. The Morgan fingerprint density at radius 1 is 1.17 bits per heavy atom. The molecule has 158 valence electrons. The van der Waals surface area contributed by atoms with Gasteiger partial charge in [0.2, 0.25) is 0 Å². The summed E-state index contributed by atoms with van der Waals surface area (Å²) in [6, 6.07) is 9.86. The summed E-state index contributed by atoms with van der Waals surface area (Å²) >= 11 is 5.22. The van der Waals surface area contributed by atoms with E-state index < -0.39 is 23.7 Å². The molecule has 0 radical (unpaired) electrons. The number of hydrogen-bond acceptors (Lipinski definition) is 4. The lowest BCUT2D eigenvalue weighted by atomic mass is 9.95. The third kappa shape index (κ3) is 6.14. The van der Waals surface area contributed by atoms with Crippen LogP contribution in [0.5, 0.6) is 0 Å². The van der Waals surface area contributed by atoms with Crippen molar-refractivity contribution in [2.24, 2.45) is 0 Å². The van der Waals surface area contributed by atoms with E-state index in [0.29, 0.717) is 13.1 Å². The van der Waals surface area contributed by atoms with E-state index in [1.807, 2.05) is 34.9 Å². The number of amides is 1. The summed E-state index contributed by atoms with van der Waals surface area (Å²) in [5.41, 5.74) is -0.949. The number of aliphatic carboxylic acids is 1. The Labute approximate surface area is 167 Å². The molecule has 0 aliphatic carbocycles. The topological polar surface area (TPSA) is 88.3 Å². The number of carboxylic acid groups (broad SMARTS) is 1. The van der Waals surface area contributed by atoms with E-state index in [4.69, 9.17) is 21.5 Å². The fraction of sp³-hybridized carbons (Fsp3) is 0.412. The van der Waals surface area contributed by atoms with Gasteiger partial charge in [-0.15, -0.1) is 10.2 Å². The molecule has 1 aliphatic heterocycles. The standard InChI is InChI=1S/C15H16ClFN4O.C2HF3O2/c16-13(17)15(22)20-8-6-11(7-9-20)14-19-18-10-21(14)12-4-2-1-3-5-12;3-2(4,5)1(6)7/h1-5,10-11,13H,6-9H2;(H,6,7). The molecule has 12 heteroatoms. The molecular formula is C17H17ClF4N4O3. The zero-order valence-corrected chi connectivity index (χ0v) is 15.6. The summed E-state index contributed by atoms with van der Waals surface area (Å²) in [6.07, 6.45) is -1.94. The van der Waals surface area contributed by atoms with Crippen LogP contribution in [-0.4, -0.2) is 61.5 Å². The van der Waals surface area contributed by atoms with Crippen LogP contribution in [0.2, 0.25) is 0 Å². The van der Waals surface area contributed by atoms with Crippen molar-refractivity contribution in [1.82, 2.24) is 19.7 Å². The number of piperidine rings is 1. The number of alkyl halides is 5. The summed E-state index contributed by atoms with van der Waals surface area (Å²) in [5.74, 6) is -2.33. The van der Waals surface area contributed by atoms with Crippen molar-refractivity contribution in [1.29, 1.82) is 0 Å². The van der Waals surface area contributed by atoms with Gasteiger partial charge < -0.3 is 10.0 Å². The number of halogens is 5. The highest BCUT2D eigenvalue weighted by Crippen LogP contribution is 2.28. The molecule has 1 atom stereocenters. The molecular weight excluding hydrogens is 420 g/mol. The van der Waals surface area contributed by atoms with Gasteiger partial charge in [0.25, 0.3) is 11.5 Å². The Morgan fingerprint density at radius 3 is 2.21 bits per heavy atom. The number of rotatable bonds is 3. The van der Waals surface area contributed by atoms with E-state index in [0.717, 1.165) is 24.4 Å². The molecule has 1 aromatic heterocycles. The van der Waals surface area contributed by atoms with Gasteiger partial charge in [-0.25, -0.2) is 9.18 Å². The Kier molecular flexibility index (Phi) is 7.54. The largest absolute Gasteiger partial charge is 0.490 e. The lowest BCUT2D eigenvalue weighted by molar-refractivity contribution is -0.192. The highest BCUT2D eigenvalue weighted by molar-refractivity contribution is 6.29. The van der Waals surface area contributed by atoms with Gasteiger partial charge in [0.1, 0.15) is 12.2 Å². The SMILES string of the molecule is O=C(C(F)Cl)N1CCC(c2nncn2-c2ccccc2)CC1.O=C(O)C(F)(F)F. The normalized spacial score (nSPS) is 16.0. The van der Waals surface area contributed by atoms with Crippen LogP contribution in [0.1, 0.15) is 24.6 Å². The average Bonchev–Trinajstić information content (AvgIpc) is 3.18. The molecule has 0 spiro atoms. The first-order valence-electron chi connectivity index (χ1n) is 8.43. The summed E-state index contributed by atoms with van der Waals surface area (Å²) in [5, 5.41) is 15.4. The van der Waals surface area contributed by atoms with Gasteiger partial charge >= 0.3 is 12.1 Å². The molecule has 1 aromatic carbocycles. The first kappa shape index (κ1) is 22.6. The van der Waals surface area contributed by atoms with Crippen LogP contribution < -0.4 is 0 Å². The Hall–Kier alpha value is -2.69. The van der Waals surface area contributed by atoms with Gasteiger partial charge in [-0.1, -0.05) is 29.8 Å². The molecule has 1 saturated heterocycles. The zero-order valence-electron chi connectivity index (χ0n) is 14.9. The highest BCUT2D eigenvalue weighted by Gasteiger charge is 2.38. The second kappa shape index (κ2) is 9.68. The number of aromatic nitrogens is 3. The molecule has 1 aliphatic rings. The van der Waals surface area contributed by atoms with Crippen LogP contribution in [0.25, 0.3) is 5.69 Å². The van der Waals surface area contributed by atoms with Crippen molar-refractivity contribution in [3.05, 3.63) is 42.5 Å². The van der Waals surface area contributed by atoms with E-state index in [2.05, 4.69) is 10.2 Å². The van der Waals surface area contributed by atoms with Crippen molar-refractivity contribution in [3.8, 4) is 5.69 Å². The van der Waals surface area contributed by atoms with E-state index in [9.17, 15) is 22.4 Å². The second-order valence-corrected chi connectivity index (χ2v) is 6.48. The van der Waals surface area contributed by atoms with Crippen molar-refractivity contribution in [2.45, 2.75) is 30.6 Å². The lowest BCUT2D eigenvalue weighted by Crippen LogP contribution is -2.41. The molecule has 1 unspecified atom stereocenters. The average molecular weight is 437 g/mol. The molecule has 2 aromatic rings. The fourth-order valence-corrected chi connectivity index (χ4v) is 2.94. The Bertz CT molecular complexity index is 822. The number of hydrogen-bond donors (Lipinski definition) is 1. The van der Waals surface area contributed by atoms with Gasteiger partial charge in [-0.3, -0.25) is 9.36 Å². The Balaban J connectivity index is 0.000000370. The predicted molar refractivity (Wildman–Crippen MR) is 94.4 cm³/mol. The Morgan fingerprint density at radius 2 is 1.72 bits per heavy atom. The van der Waals surface area contributed by atoms with E-state index in [1.165, 1.54) is 4.90 Å². The maximum absolute atomic E-state index is 12.9. The van der Waals surface area contributed by atoms with Gasteiger partial charge in [-0.2, -0.15) is 13.2 Å². The second-order valence-electron chi connectivity index (χ2n) is 6.10. The maximum atomic E-state index is 12.9. The van der Waals surface area contributed by atoms with Gasteiger partial charge in [0, 0.05) is 24.7 Å². The van der Waals surface area contributed by atoms with Crippen LogP contribution in [0.4, 0.5) is 17.6 Å². The molecule has 1 fully saturated rings. The molecule has 1 amide bonds. The van der Waals surface area contributed by atoms with Gasteiger partial charge in [0.05, 0.1) is 0 Å². The van der Waals surface area contributed by atoms with Crippen molar-refractivity contribution in [3.63, 3.8) is 0 Å². The molecule has 0 saturated carbocycles. The molecule has 0 bridgehead atoms. The lowest BCUT2D eigenvalue weighted by Gasteiger charge is -2.31. The number of carbonyl (C=O) groups is 2. The number of carboxylic acids is 1. The summed E-state index contributed by atoms with van der Waals surface area (Å²) in [7, 11) is 0. The van der Waals surface area contributed by atoms with Crippen LogP contribution in [0.3, 0.4) is 0 Å². The monoisotopic (exact) mass is 436 g/mol. The number of benzene rings is 1. The smallest absolute Gasteiger partial charge is 0.475 e. The summed E-state index contributed by atoms with van der Waals surface area (Å²) in [4.78, 5) is 21.9. The zero-order chi connectivity index (χ0) is 21.6. The fourth-order valence-electron chi connectivity index (χ4n) is 2.81. The predicted octanol–water partition coefficient (Wildman–Crippen LogP) is 3.14. The summed E-state index contributed by atoms with van der Waals surface area (Å²) < 4.78 is 46.6. The number of likely N-dealkylation sites (tertiary alicyclic amines) is 1. The first-order chi connectivity index (χ1) is 13.6. The van der Waals surface area contributed by atoms with Crippen LogP contribution in [-0.2, 0) is 9.59 Å². The molecule has 1 N–H and O–H groups in total. The van der Waals surface area contributed by atoms with Crippen LogP contribution >= 0.6 is 11.6 Å². The van der Waals surface area contributed by atoms with E-state index in [-0.39, 0.29) is 5.92 Å². The van der Waals surface area contributed by atoms with Gasteiger partial charge in [0.15, 0.2) is 0 Å². The molecule has 7 nitrogen and oxygen atoms in total. The highest BCUT2D eigenvalue weighted by atomic mass is 35.5. The van der Waals surface area contributed by atoms with Crippen molar-refractivity contribution < 1.29 is 32.3 Å². The van der Waals surface area contributed by atoms with E-state index >= 15 is 0 Å². The van der Waals surface area contributed by atoms with Crippen molar-refractivity contribution in [2.75, 3.05) is 13.1 Å². The maximum Gasteiger partial charge on any atom is 0.490 e. The third-order valence-electron chi connectivity index (χ3n) is 4.21. The number of para-hydroxylation sites is 1. The summed E-state index contributed by atoms with van der Waals surface area (Å²) in [6.45, 7) is 0.969. The third-order valence-corrected chi connectivity index (χ3v) is 4.40.